The minimum Gasteiger partial charge on any atom is -1.00 e. The fraction of sp³-hybridized carbons (Fsp3) is 0.298. The number of quaternary nitrogens is 1. The average Bonchev–Trinajstić information content (AvgIpc) is 3.87. The summed E-state index contributed by atoms with van der Waals surface area (Å²) in [5, 5.41) is 20.2. The minimum absolute atomic E-state index is 0. The number of rotatable bonds is 14. The van der Waals surface area contributed by atoms with E-state index in [1.165, 1.54) is 41.3 Å². The third-order valence-corrected chi connectivity index (χ3v) is 10.5. The molecule has 79 heavy (non-hydrogen) atoms. The molecule has 19 nitrogen and oxygen atoms in total. The van der Waals surface area contributed by atoms with Crippen LogP contribution in [0.4, 0.5) is 0 Å². The number of fused-ring (bicyclic) bond motifs is 2. The Balaban J connectivity index is 0.000000940. The number of carbonyl (C=O) groups is 10. The Morgan fingerprint density at radius 1 is 0.544 bits per heavy atom. The number of ether oxygens (including phenoxy) is 2. The van der Waals surface area contributed by atoms with Gasteiger partial charge in [-0.15, -0.1) is 0 Å². The zero-order valence-corrected chi connectivity index (χ0v) is 51.3. The van der Waals surface area contributed by atoms with Crippen LogP contribution in [0.5, 0.6) is 0 Å². The second-order valence-electron chi connectivity index (χ2n) is 18.6. The number of nitrogens with zero attached hydrogens (tertiary/aromatic N) is 4. The molecule has 1 amide bonds. The SMILES string of the molecule is CI.CN(C)C(=O)c1ccc2c(c1)C(=O)OC2=O.CN(C)Cc1ccc(C=O)c(C=O)c1.CN(C)Cc1ccc(CO)c(CO)c1.CNC.C[N+](C)(C)Cc1ccc(C=O)c(C=O)c1.O=C(Cl)c1ccc2c(c1)C(=O)OC2=O.[I-]. The molecule has 426 valence electrons. The molecule has 0 aromatic heterocycles. The maximum Gasteiger partial charge on any atom is 0.346 e. The van der Waals surface area contributed by atoms with Crippen molar-refractivity contribution < 1.29 is 96.1 Å². The van der Waals surface area contributed by atoms with Crippen LogP contribution >= 0.6 is 34.2 Å². The Hall–Kier alpha value is -6.29. The number of cyclic esters (lactones) is 4. The average molecular weight is 1340 g/mol. The standard InChI is InChI=1S/C12H16NO2.C11H9NO4.C11H17NO2.C11H13NO2.C9H3ClO4.C2H7N.CH3I.HI/c1-13(2,3)7-10-4-5-11(8-14)12(6-10)9-15;1-12(2)9(13)6-3-4-7-8(5-6)11(15)16-10(7)14;2*1-12(2)6-9-3-4-10(7-13)11(5-9)8-14;10-7(11)4-1-2-5-6(3-4)9(13)14-8(5)12;1-3-2;1-2;/h4-6,8-9H,7H2,1-3H3;3-5H,1-2H3;3-5,13-14H,6-8H2,1-2H3;3-5,7-8H,6H2,1-2H3;1-3H;3H,1-2H3;1H3;1H/q+1;;;;;;;/p-1. The summed E-state index contributed by atoms with van der Waals surface area (Å²) >= 11 is 7.36. The minimum atomic E-state index is -0.746. The van der Waals surface area contributed by atoms with Gasteiger partial charge in [0.2, 0.25) is 0 Å². The first-order valence-electron chi connectivity index (χ1n) is 23.5. The van der Waals surface area contributed by atoms with E-state index < -0.39 is 29.1 Å². The van der Waals surface area contributed by atoms with Crippen LogP contribution in [0.25, 0.3) is 0 Å². The van der Waals surface area contributed by atoms with Gasteiger partial charge < -0.3 is 68.2 Å². The number of aliphatic hydroxyl groups is 2. The van der Waals surface area contributed by atoms with Crippen molar-refractivity contribution in [2.75, 3.05) is 82.5 Å². The molecule has 0 saturated carbocycles. The Labute approximate surface area is 496 Å². The highest BCUT2D eigenvalue weighted by molar-refractivity contribution is 14.1. The monoisotopic (exact) mass is 1340 g/mol. The van der Waals surface area contributed by atoms with Crippen LogP contribution in [-0.4, -0.2) is 172 Å². The van der Waals surface area contributed by atoms with Crippen molar-refractivity contribution in [1.82, 2.24) is 20.0 Å². The predicted molar refractivity (Wildman–Crippen MR) is 305 cm³/mol. The fourth-order valence-corrected chi connectivity index (χ4v) is 7.02. The number of alkyl halides is 1. The summed E-state index contributed by atoms with van der Waals surface area (Å²) in [4.78, 5) is 117. The lowest BCUT2D eigenvalue weighted by molar-refractivity contribution is -0.884. The van der Waals surface area contributed by atoms with Gasteiger partial charge in [0.05, 0.1) is 56.6 Å². The van der Waals surface area contributed by atoms with Gasteiger partial charge in [-0.25, -0.2) is 19.2 Å². The van der Waals surface area contributed by atoms with Crippen LogP contribution in [0.3, 0.4) is 0 Å². The number of benzene rings is 5. The summed E-state index contributed by atoms with van der Waals surface area (Å²) < 4.78 is 9.55. The molecule has 5 aromatic rings. The van der Waals surface area contributed by atoms with E-state index >= 15 is 0 Å². The first-order chi connectivity index (χ1) is 36.8. The summed E-state index contributed by atoms with van der Waals surface area (Å²) in [7, 11) is 21.1. The predicted octanol–water partition coefficient (Wildman–Crippen LogP) is 3.59. The van der Waals surface area contributed by atoms with Crippen LogP contribution < -0.4 is 29.3 Å². The molecule has 2 aliphatic rings. The van der Waals surface area contributed by atoms with Crippen molar-refractivity contribution in [2.24, 2.45) is 0 Å². The lowest BCUT2D eigenvalue weighted by Gasteiger charge is -2.24. The Bertz CT molecular complexity index is 2920. The molecule has 0 radical (unpaired) electrons. The molecule has 2 heterocycles. The zero-order valence-electron chi connectivity index (χ0n) is 46.2. The van der Waals surface area contributed by atoms with Gasteiger partial charge in [-0.2, -0.15) is 0 Å². The summed E-state index contributed by atoms with van der Waals surface area (Å²) in [5.74, 6) is -3.03. The topological polar surface area (TPSA) is 251 Å². The van der Waals surface area contributed by atoms with Crippen LogP contribution in [0.2, 0.25) is 0 Å². The van der Waals surface area contributed by atoms with Crippen LogP contribution in [0, 0.1) is 0 Å². The Morgan fingerprint density at radius 3 is 1.29 bits per heavy atom. The molecule has 5 aromatic carbocycles. The lowest BCUT2D eigenvalue weighted by atomic mass is 10.0. The highest BCUT2D eigenvalue weighted by Gasteiger charge is 2.31. The molecule has 0 fully saturated rings. The molecular formula is C57H68ClI2N5O14. The fourth-order valence-electron chi connectivity index (χ4n) is 6.91. The highest BCUT2D eigenvalue weighted by atomic mass is 127. The molecule has 2 aliphatic heterocycles. The van der Waals surface area contributed by atoms with Crippen molar-refractivity contribution in [2.45, 2.75) is 32.8 Å². The van der Waals surface area contributed by atoms with E-state index in [4.69, 9.17) is 21.8 Å². The van der Waals surface area contributed by atoms with E-state index in [9.17, 15) is 47.9 Å². The number of aldehydes is 4. The maximum absolute atomic E-state index is 11.6. The van der Waals surface area contributed by atoms with Gasteiger partial charge in [0.25, 0.3) is 11.1 Å². The Morgan fingerprint density at radius 2 is 0.911 bits per heavy atom. The number of nitrogens with one attached hydrogen (secondary N) is 1. The first-order valence-corrected chi connectivity index (χ1v) is 26.0. The summed E-state index contributed by atoms with van der Waals surface area (Å²) in [5.41, 5.74) is 7.81. The van der Waals surface area contributed by atoms with E-state index in [0.717, 1.165) is 58.2 Å². The van der Waals surface area contributed by atoms with Gasteiger partial charge in [0.15, 0.2) is 25.1 Å². The largest absolute Gasteiger partial charge is 1.00 e. The molecule has 0 spiro atoms. The van der Waals surface area contributed by atoms with E-state index in [2.05, 4.69) is 63.4 Å². The smallest absolute Gasteiger partial charge is 0.346 e. The zero-order chi connectivity index (χ0) is 59.4. The van der Waals surface area contributed by atoms with Crippen molar-refractivity contribution >= 4 is 94.4 Å². The van der Waals surface area contributed by atoms with Crippen LogP contribution in [-0.2, 0) is 42.3 Å². The van der Waals surface area contributed by atoms with Gasteiger partial charge in [-0.1, -0.05) is 65.1 Å². The van der Waals surface area contributed by atoms with E-state index in [1.807, 2.05) is 82.4 Å². The molecule has 0 unspecified atom stereocenters. The first kappa shape index (κ1) is 72.7. The molecule has 0 atom stereocenters. The molecule has 0 aliphatic carbocycles. The molecular weight excluding hydrogens is 1270 g/mol. The molecule has 22 heteroatoms. The maximum atomic E-state index is 11.6. The highest BCUT2D eigenvalue weighted by Crippen LogP contribution is 2.23. The second kappa shape index (κ2) is 36.8. The number of hydrogen-bond donors (Lipinski definition) is 3. The van der Waals surface area contributed by atoms with Gasteiger partial charge >= 0.3 is 23.9 Å². The van der Waals surface area contributed by atoms with Crippen molar-refractivity contribution in [3.05, 3.63) is 174 Å². The van der Waals surface area contributed by atoms with Gasteiger partial charge in [-0.3, -0.25) is 28.8 Å². The second-order valence-corrected chi connectivity index (χ2v) is 18.9. The van der Waals surface area contributed by atoms with Crippen LogP contribution in [0.15, 0.2) is 91.0 Å². The van der Waals surface area contributed by atoms with Gasteiger partial charge in [0.1, 0.15) is 6.54 Å². The van der Waals surface area contributed by atoms with Crippen molar-refractivity contribution in [3.8, 4) is 0 Å². The normalized spacial score (nSPS) is 11.3. The number of amides is 1. The molecule has 3 N–H and O–H groups in total. The van der Waals surface area contributed by atoms with Crippen LogP contribution in [0.1, 0.15) is 131 Å². The number of carbonyl (C=O) groups excluding carboxylic acids is 10. The summed E-state index contributed by atoms with van der Waals surface area (Å²) in [6, 6.07) is 24.7. The molecule has 7 rings (SSSR count). The molecule has 0 bridgehead atoms. The summed E-state index contributed by atoms with van der Waals surface area (Å²) in [6.45, 7) is 2.41. The summed E-state index contributed by atoms with van der Waals surface area (Å²) in [6.07, 6.45) is 2.84. The van der Waals surface area contributed by atoms with E-state index in [0.29, 0.717) is 46.7 Å². The van der Waals surface area contributed by atoms with Gasteiger partial charge in [-0.05, 0) is 130 Å². The van der Waals surface area contributed by atoms with E-state index in [1.54, 1.807) is 38.4 Å². The van der Waals surface area contributed by atoms with Crippen molar-refractivity contribution in [1.29, 1.82) is 0 Å². The number of halogens is 3. The number of esters is 4. The third kappa shape index (κ3) is 24.3. The third-order valence-electron chi connectivity index (χ3n) is 10.2. The Kier molecular flexibility index (Phi) is 33.9. The number of hydrogen-bond acceptors (Lipinski definition) is 17. The van der Waals surface area contributed by atoms with E-state index in [-0.39, 0.29) is 70.9 Å². The lowest BCUT2D eigenvalue weighted by Crippen LogP contribution is -3.00. The quantitative estimate of drug-likeness (QED) is 0.0273. The van der Waals surface area contributed by atoms with Gasteiger partial charge in [0, 0.05) is 66.1 Å². The van der Waals surface area contributed by atoms with Crippen molar-refractivity contribution in [3.63, 3.8) is 0 Å². The molecule has 0 saturated heterocycles. The number of aliphatic hydroxyl groups excluding tert-OH is 2.